The maximum absolute atomic E-state index is 12.3. The first-order valence-corrected chi connectivity index (χ1v) is 9.38. The van der Waals surface area contributed by atoms with Crippen molar-refractivity contribution in [2.45, 2.75) is 24.8 Å². The molecule has 0 aliphatic rings. The lowest BCUT2D eigenvalue weighted by atomic mass is 10.2. The van der Waals surface area contributed by atoms with Crippen molar-refractivity contribution < 1.29 is 13.5 Å². The predicted octanol–water partition coefficient (Wildman–Crippen LogP) is 2.23. The van der Waals surface area contributed by atoms with Crippen molar-refractivity contribution >= 4 is 37.3 Å². The Morgan fingerprint density at radius 3 is 2.81 bits per heavy atom. The molecule has 5 nitrogen and oxygen atoms in total. The number of hydrogen-bond donors (Lipinski definition) is 2. The first kappa shape index (κ1) is 16.6. The second-order valence-corrected chi connectivity index (χ2v) is 7.99. The van der Waals surface area contributed by atoms with Gasteiger partial charge in [-0.15, -0.1) is 11.3 Å². The summed E-state index contributed by atoms with van der Waals surface area (Å²) in [5.74, 6) is 0. The molecule has 0 unspecified atom stereocenters. The summed E-state index contributed by atoms with van der Waals surface area (Å²) in [6, 6.07) is 4.74. The van der Waals surface area contributed by atoms with E-state index in [9.17, 15) is 8.42 Å². The quantitative estimate of drug-likeness (QED) is 0.792. The van der Waals surface area contributed by atoms with Crippen molar-refractivity contribution in [3.8, 4) is 0 Å². The van der Waals surface area contributed by atoms with Crippen molar-refractivity contribution in [2.24, 2.45) is 0 Å². The number of nitrogens with zero attached hydrogens (tertiary/aromatic N) is 1. The van der Waals surface area contributed by atoms with Crippen LogP contribution in [-0.4, -0.2) is 25.1 Å². The Bertz CT molecular complexity index is 729. The van der Waals surface area contributed by atoms with Crippen molar-refractivity contribution in [3.05, 3.63) is 44.3 Å². The zero-order chi connectivity index (χ0) is 15.5. The molecule has 0 bridgehead atoms. The number of nitrogens with one attached hydrogen (secondary N) is 1. The van der Waals surface area contributed by atoms with Crippen LogP contribution in [-0.2, 0) is 23.1 Å². The van der Waals surface area contributed by atoms with Gasteiger partial charge in [0.2, 0.25) is 10.0 Å². The van der Waals surface area contributed by atoms with Gasteiger partial charge in [-0.05, 0) is 40.5 Å². The maximum atomic E-state index is 12.3. The van der Waals surface area contributed by atoms with Crippen LogP contribution >= 0.6 is 27.3 Å². The molecule has 2 aromatic rings. The van der Waals surface area contributed by atoms with Crippen LogP contribution in [0.3, 0.4) is 0 Å². The summed E-state index contributed by atoms with van der Waals surface area (Å²) in [5, 5.41) is 11.9. The molecule has 0 aliphatic heterocycles. The normalized spacial score (nSPS) is 11.8. The molecule has 8 heteroatoms. The molecule has 21 heavy (non-hydrogen) atoms. The molecular weight excluding hydrogens is 376 g/mol. The molecule has 2 rings (SSSR count). The first-order chi connectivity index (χ1) is 9.92. The number of aromatic nitrogens is 1. The van der Waals surface area contributed by atoms with E-state index in [-0.39, 0.29) is 18.0 Å². The molecule has 0 spiro atoms. The Morgan fingerprint density at radius 1 is 1.43 bits per heavy atom. The monoisotopic (exact) mass is 390 g/mol. The minimum Gasteiger partial charge on any atom is -0.392 e. The number of sulfonamides is 1. The van der Waals surface area contributed by atoms with Gasteiger partial charge in [0.1, 0.15) is 0 Å². The zero-order valence-corrected chi connectivity index (χ0v) is 14.6. The predicted molar refractivity (Wildman–Crippen MR) is 85.8 cm³/mol. The highest BCUT2D eigenvalue weighted by Crippen LogP contribution is 2.23. The molecule has 0 radical (unpaired) electrons. The molecule has 0 saturated carbocycles. The van der Waals surface area contributed by atoms with Crippen LogP contribution in [0.25, 0.3) is 0 Å². The van der Waals surface area contributed by atoms with Crippen LogP contribution in [0.15, 0.2) is 32.9 Å². The Labute approximate surface area is 136 Å². The standard InChI is InChI=1S/C13H15BrN2O3S2/c1-9-8-20-13(16-9)4-5-15-21(18,19)12-6-10(7-17)2-3-11(12)14/h2-3,6,8,15,17H,4-5,7H2,1H3. The van der Waals surface area contributed by atoms with E-state index in [1.807, 2.05) is 12.3 Å². The lowest BCUT2D eigenvalue weighted by Gasteiger charge is -2.09. The van der Waals surface area contributed by atoms with Crippen LogP contribution in [0.5, 0.6) is 0 Å². The van der Waals surface area contributed by atoms with Gasteiger partial charge in [-0.25, -0.2) is 18.1 Å². The second-order valence-electron chi connectivity index (χ2n) is 4.45. The van der Waals surface area contributed by atoms with Gasteiger partial charge in [-0.1, -0.05) is 6.07 Å². The van der Waals surface area contributed by atoms with Gasteiger partial charge in [-0.2, -0.15) is 0 Å². The van der Waals surface area contributed by atoms with E-state index in [1.165, 1.54) is 17.4 Å². The fraction of sp³-hybridized carbons (Fsp3) is 0.308. The summed E-state index contributed by atoms with van der Waals surface area (Å²) in [5.41, 5.74) is 1.49. The smallest absolute Gasteiger partial charge is 0.241 e. The van der Waals surface area contributed by atoms with E-state index in [0.29, 0.717) is 16.5 Å². The fourth-order valence-corrected chi connectivity index (χ4v) is 4.56. The number of aryl methyl sites for hydroxylation is 1. The highest BCUT2D eigenvalue weighted by atomic mass is 79.9. The van der Waals surface area contributed by atoms with E-state index in [4.69, 9.17) is 5.11 Å². The van der Waals surface area contributed by atoms with Crippen LogP contribution in [0, 0.1) is 6.92 Å². The molecule has 0 aliphatic carbocycles. The third-order valence-electron chi connectivity index (χ3n) is 2.77. The second kappa shape index (κ2) is 6.97. The zero-order valence-electron chi connectivity index (χ0n) is 11.3. The molecule has 1 heterocycles. The van der Waals surface area contributed by atoms with Gasteiger partial charge in [0.15, 0.2) is 0 Å². The van der Waals surface area contributed by atoms with Crippen molar-refractivity contribution in [2.75, 3.05) is 6.54 Å². The topological polar surface area (TPSA) is 79.3 Å². The summed E-state index contributed by atoms with van der Waals surface area (Å²) in [6.45, 7) is 1.99. The number of rotatable bonds is 6. The molecule has 0 saturated heterocycles. The molecule has 1 aromatic carbocycles. The summed E-state index contributed by atoms with van der Waals surface area (Å²) in [4.78, 5) is 4.42. The van der Waals surface area contributed by atoms with E-state index >= 15 is 0 Å². The Balaban J connectivity index is 2.07. The van der Waals surface area contributed by atoms with E-state index in [2.05, 4.69) is 25.6 Å². The van der Waals surface area contributed by atoms with E-state index in [0.717, 1.165) is 10.7 Å². The molecule has 114 valence electrons. The molecule has 0 fully saturated rings. The van der Waals surface area contributed by atoms with Gasteiger partial charge in [0.05, 0.1) is 16.5 Å². The van der Waals surface area contributed by atoms with Gasteiger partial charge in [-0.3, -0.25) is 0 Å². The molecule has 0 atom stereocenters. The van der Waals surface area contributed by atoms with Crippen molar-refractivity contribution in [1.82, 2.24) is 9.71 Å². The third-order valence-corrected chi connectivity index (χ3v) is 6.25. The van der Waals surface area contributed by atoms with Gasteiger partial charge in [0.25, 0.3) is 0 Å². The maximum Gasteiger partial charge on any atom is 0.241 e. The SMILES string of the molecule is Cc1csc(CCNS(=O)(=O)c2cc(CO)ccc2Br)n1. The van der Waals surface area contributed by atoms with E-state index < -0.39 is 10.0 Å². The van der Waals surface area contributed by atoms with Gasteiger partial charge in [0, 0.05) is 28.5 Å². The highest BCUT2D eigenvalue weighted by molar-refractivity contribution is 9.10. The molecular formula is C13H15BrN2O3S2. The summed E-state index contributed by atoms with van der Waals surface area (Å²) in [7, 11) is -3.62. The van der Waals surface area contributed by atoms with Crippen LogP contribution in [0.1, 0.15) is 16.3 Å². The van der Waals surface area contributed by atoms with Crippen LogP contribution in [0.2, 0.25) is 0 Å². The average Bonchev–Trinajstić information content (AvgIpc) is 2.84. The Hall–Kier alpha value is -0.800. The summed E-state index contributed by atoms with van der Waals surface area (Å²) >= 11 is 4.74. The van der Waals surface area contributed by atoms with Crippen molar-refractivity contribution in [1.29, 1.82) is 0 Å². The minimum absolute atomic E-state index is 0.129. The number of benzene rings is 1. The lowest BCUT2D eigenvalue weighted by Crippen LogP contribution is -2.26. The van der Waals surface area contributed by atoms with Gasteiger partial charge < -0.3 is 5.11 Å². The number of halogens is 1. The Kier molecular flexibility index (Phi) is 5.50. The molecule has 2 N–H and O–H groups in total. The van der Waals surface area contributed by atoms with Gasteiger partial charge >= 0.3 is 0 Å². The average molecular weight is 391 g/mol. The Morgan fingerprint density at radius 2 is 2.19 bits per heavy atom. The number of aliphatic hydroxyl groups excluding tert-OH is 1. The van der Waals surface area contributed by atoms with Crippen LogP contribution in [0.4, 0.5) is 0 Å². The van der Waals surface area contributed by atoms with Crippen molar-refractivity contribution in [3.63, 3.8) is 0 Å². The first-order valence-electron chi connectivity index (χ1n) is 6.22. The summed E-state index contributed by atoms with van der Waals surface area (Å²) < 4.78 is 27.6. The molecule has 0 amide bonds. The largest absolute Gasteiger partial charge is 0.392 e. The van der Waals surface area contributed by atoms with Crippen LogP contribution < -0.4 is 4.72 Å². The fourth-order valence-electron chi connectivity index (χ4n) is 1.74. The number of aliphatic hydroxyl groups is 1. The molecule has 1 aromatic heterocycles. The number of thiazole rings is 1. The highest BCUT2D eigenvalue weighted by Gasteiger charge is 2.17. The third kappa shape index (κ3) is 4.33. The lowest BCUT2D eigenvalue weighted by molar-refractivity contribution is 0.281. The number of hydrogen-bond acceptors (Lipinski definition) is 5. The van der Waals surface area contributed by atoms with E-state index in [1.54, 1.807) is 12.1 Å². The summed E-state index contributed by atoms with van der Waals surface area (Å²) in [6.07, 6.45) is 0.551. The minimum atomic E-state index is -3.62.